The van der Waals surface area contributed by atoms with Gasteiger partial charge in [-0.25, -0.2) is 0 Å². The summed E-state index contributed by atoms with van der Waals surface area (Å²) >= 11 is 0. The zero-order valence-corrected chi connectivity index (χ0v) is 20.0. The molecule has 5 rings (SSSR count). The summed E-state index contributed by atoms with van der Waals surface area (Å²) in [7, 11) is 1.68. The predicted molar refractivity (Wildman–Crippen MR) is 134 cm³/mol. The Kier molecular flexibility index (Phi) is 6.59. The van der Waals surface area contributed by atoms with Crippen LogP contribution in [-0.2, 0) is 27.2 Å². The van der Waals surface area contributed by atoms with E-state index < -0.39 is 11.8 Å². The molecule has 2 N–H and O–H groups in total. The number of carbonyl (C=O) groups excluding carboxylic acids is 3. The van der Waals surface area contributed by atoms with Gasteiger partial charge in [-0.3, -0.25) is 19.3 Å². The number of hydrogen-bond acceptors (Lipinski definition) is 6. The number of amides is 3. The zero-order valence-electron chi connectivity index (χ0n) is 20.0. The van der Waals surface area contributed by atoms with Crippen LogP contribution in [0.3, 0.4) is 0 Å². The van der Waals surface area contributed by atoms with Crippen molar-refractivity contribution in [1.29, 1.82) is 0 Å². The van der Waals surface area contributed by atoms with Gasteiger partial charge in [0.15, 0.2) is 0 Å². The highest BCUT2D eigenvalue weighted by Gasteiger charge is 2.31. The van der Waals surface area contributed by atoms with E-state index in [2.05, 4.69) is 26.5 Å². The number of nitrogens with zero attached hydrogens (tertiary/aromatic N) is 3. The van der Waals surface area contributed by atoms with Crippen LogP contribution < -0.4 is 25.2 Å². The van der Waals surface area contributed by atoms with Gasteiger partial charge in [-0.15, -0.1) is 0 Å². The molecule has 0 saturated carbocycles. The molecule has 0 aromatic heterocycles. The number of nitrogens with one attached hydrogen (secondary N) is 2. The Hall–Kier alpha value is -3.59. The van der Waals surface area contributed by atoms with Crippen molar-refractivity contribution >= 4 is 34.8 Å². The molecule has 0 atom stereocenters. The summed E-state index contributed by atoms with van der Waals surface area (Å²) in [6, 6.07) is 11.8. The van der Waals surface area contributed by atoms with E-state index in [1.165, 1.54) is 0 Å². The minimum atomic E-state index is -0.667. The molecule has 0 aliphatic carbocycles. The molecule has 2 aromatic rings. The summed E-state index contributed by atoms with van der Waals surface area (Å²) in [4.78, 5) is 43.3. The Bertz CT molecular complexity index is 1140. The van der Waals surface area contributed by atoms with Gasteiger partial charge in [0, 0.05) is 57.9 Å². The molecule has 3 heterocycles. The molecular formula is C26H31N5O4. The minimum Gasteiger partial charge on any atom is -0.495 e. The third-order valence-corrected chi connectivity index (χ3v) is 7.03. The van der Waals surface area contributed by atoms with Crippen molar-refractivity contribution in [2.45, 2.75) is 19.3 Å². The first-order valence-corrected chi connectivity index (χ1v) is 12.2. The maximum atomic E-state index is 12.5. The standard InChI is InChI=1S/C26H31N5O4/c1-35-22-5-3-2-4-21(22)30-14-12-29(13-15-30)11-9-27-25(33)26(34)28-20-16-18-6-7-23(32)31-10-8-19(17-20)24(18)31/h2-5,16-17H,6-15H2,1H3,(H,27,33)(H,28,34). The van der Waals surface area contributed by atoms with Gasteiger partial charge in [-0.1, -0.05) is 12.1 Å². The van der Waals surface area contributed by atoms with Gasteiger partial charge in [0.05, 0.1) is 18.5 Å². The van der Waals surface area contributed by atoms with Crippen LogP contribution in [0.15, 0.2) is 36.4 Å². The monoisotopic (exact) mass is 477 g/mol. The summed E-state index contributed by atoms with van der Waals surface area (Å²) in [5.41, 5.74) is 4.82. The van der Waals surface area contributed by atoms with Crippen LogP contribution in [0.2, 0.25) is 0 Å². The first-order chi connectivity index (χ1) is 17.0. The summed E-state index contributed by atoms with van der Waals surface area (Å²) in [5, 5.41) is 5.47. The molecule has 3 amide bonds. The Balaban J connectivity index is 1.08. The maximum Gasteiger partial charge on any atom is 0.313 e. The van der Waals surface area contributed by atoms with Gasteiger partial charge in [-0.05, 0) is 48.2 Å². The Morgan fingerprint density at radius 1 is 0.943 bits per heavy atom. The van der Waals surface area contributed by atoms with Gasteiger partial charge in [0.25, 0.3) is 0 Å². The van der Waals surface area contributed by atoms with Crippen LogP contribution in [0.25, 0.3) is 0 Å². The third kappa shape index (κ3) is 4.81. The molecule has 35 heavy (non-hydrogen) atoms. The lowest BCUT2D eigenvalue weighted by Crippen LogP contribution is -2.49. The fourth-order valence-corrected chi connectivity index (χ4v) is 5.23. The number of anilines is 3. The number of piperazine rings is 1. The molecule has 0 unspecified atom stereocenters. The number of ether oxygens (including phenoxy) is 1. The molecule has 9 nitrogen and oxygen atoms in total. The maximum absolute atomic E-state index is 12.5. The van der Waals surface area contributed by atoms with Crippen molar-refractivity contribution < 1.29 is 19.1 Å². The van der Waals surface area contributed by atoms with Crippen LogP contribution in [0.4, 0.5) is 17.1 Å². The summed E-state index contributed by atoms with van der Waals surface area (Å²) in [6.07, 6.45) is 1.92. The van der Waals surface area contributed by atoms with E-state index >= 15 is 0 Å². The van der Waals surface area contributed by atoms with Gasteiger partial charge >= 0.3 is 11.8 Å². The first kappa shape index (κ1) is 23.2. The van der Waals surface area contributed by atoms with Crippen molar-refractivity contribution in [3.05, 3.63) is 47.5 Å². The highest BCUT2D eigenvalue weighted by Crippen LogP contribution is 2.38. The molecule has 184 valence electrons. The summed E-state index contributed by atoms with van der Waals surface area (Å²) in [5.74, 6) is -0.269. The number of benzene rings is 2. The molecule has 1 fully saturated rings. The minimum absolute atomic E-state index is 0.161. The molecule has 0 spiro atoms. The van der Waals surface area contributed by atoms with Crippen molar-refractivity contribution in [3.63, 3.8) is 0 Å². The molecule has 2 aromatic carbocycles. The second-order valence-electron chi connectivity index (χ2n) is 9.15. The van der Waals surface area contributed by atoms with E-state index in [0.29, 0.717) is 38.2 Å². The van der Waals surface area contributed by atoms with E-state index in [4.69, 9.17) is 4.74 Å². The Morgan fingerprint density at radius 3 is 2.46 bits per heavy atom. The largest absolute Gasteiger partial charge is 0.495 e. The number of para-hydroxylation sites is 2. The van der Waals surface area contributed by atoms with Gasteiger partial charge in [-0.2, -0.15) is 0 Å². The first-order valence-electron chi connectivity index (χ1n) is 12.2. The zero-order chi connectivity index (χ0) is 24.4. The van der Waals surface area contributed by atoms with Gasteiger partial charge < -0.3 is 25.2 Å². The van der Waals surface area contributed by atoms with Crippen molar-refractivity contribution in [2.75, 3.05) is 68.0 Å². The van der Waals surface area contributed by atoms with Crippen LogP contribution in [0.1, 0.15) is 17.5 Å². The van der Waals surface area contributed by atoms with Gasteiger partial charge in [0.2, 0.25) is 5.91 Å². The molecule has 1 saturated heterocycles. The lowest BCUT2D eigenvalue weighted by Gasteiger charge is -2.36. The van der Waals surface area contributed by atoms with Crippen molar-refractivity contribution in [2.24, 2.45) is 0 Å². The smallest absolute Gasteiger partial charge is 0.313 e. The Labute approximate surface area is 205 Å². The summed E-state index contributed by atoms with van der Waals surface area (Å²) in [6.45, 7) is 5.28. The second-order valence-corrected chi connectivity index (χ2v) is 9.15. The number of hydrogen-bond donors (Lipinski definition) is 2. The van der Waals surface area contributed by atoms with Crippen molar-refractivity contribution in [3.8, 4) is 5.75 Å². The molecule has 9 heteroatoms. The highest BCUT2D eigenvalue weighted by atomic mass is 16.5. The van der Waals surface area contributed by atoms with Gasteiger partial charge in [0.1, 0.15) is 5.75 Å². The normalized spacial score (nSPS) is 17.2. The van der Waals surface area contributed by atoms with Crippen LogP contribution in [0.5, 0.6) is 5.75 Å². The number of carbonyl (C=O) groups is 3. The SMILES string of the molecule is COc1ccccc1N1CCN(CCNC(=O)C(=O)Nc2cc3c4c(c2)CCN4C(=O)CC3)CC1. The average Bonchev–Trinajstić information content (AvgIpc) is 3.32. The van der Waals surface area contributed by atoms with Crippen LogP contribution in [-0.4, -0.2) is 75.5 Å². The predicted octanol–water partition coefficient (Wildman–Crippen LogP) is 1.41. The quantitative estimate of drug-likeness (QED) is 0.611. The molecule has 0 radical (unpaired) electrons. The highest BCUT2D eigenvalue weighted by molar-refractivity contribution is 6.39. The van der Waals surface area contributed by atoms with Crippen molar-refractivity contribution in [1.82, 2.24) is 10.2 Å². The van der Waals surface area contributed by atoms with E-state index in [9.17, 15) is 14.4 Å². The molecule has 3 aliphatic heterocycles. The van der Waals surface area contributed by atoms with E-state index in [-0.39, 0.29) is 5.91 Å². The van der Waals surface area contributed by atoms with E-state index in [0.717, 1.165) is 60.9 Å². The third-order valence-electron chi connectivity index (χ3n) is 7.03. The molecule has 0 bridgehead atoms. The van der Waals surface area contributed by atoms with Crippen LogP contribution >= 0.6 is 0 Å². The fraction of sp³-hybridized carbons (Fsp3) is 0.423. The van der Waals surface area contributed by atoms with Crippen LogP contribution in [0, 0.1) is 0 Å². The summed E-state index contributed by atoms with van der Waals surface area (Å²) < 4.78 is 5.47. The molecular weight excluding hydrogens is 446 g/mol. The fourth-order valence-electron chi connectivity index (χ4n) is 5.23. The lowest BCUT2D eigenvalue weighted by atomic mass is 9.98. The number of rotatable bonds is 6. The topological polar surface area (TPSA) is 94.2 Å². The molecule has 3 aliphatic rings. The second kappa shape index (κ2) is 9.95. The number of methoxy groups -OCH3 is 1. The lowest BCUT2D eigenvalue weighted by molar-refractivity contribution is -0.136. The van der Waals surface area contributed by atoms with E-state index in [1.54, 1.807) is 7.11 Å². The van der Waals surface area contributed by atoms with E-state index in [1.807, 2.05) is 35.2 Å². The Morgan fingerprint density at radius 2 is 1.69 bits per heavy atom. The number of aryl methyl sites for hydroxylation is 1. The average molecular weight is 478 g/mol.